The van der Waals surface area contributed by atoms with Crippen molar-refractivity contribution in [3.63, 3.8) is 0 Å². The highest BCUT2D eigenvalue weighted by Gasteiger charge is 2.22. The second-order valence-corrected chi connectivity index (χ2v) is 8.45. The third-order valence-electron chi connectivity index (χ3n) is 5.68. The van der Waals surface area contributed by atoms with Gasteiger partial charge in [0.25, 0.3) is 5.56 Å². The lowest BCUT2D eigenvalue weighted by atomic mass is 10.1. The first kappa shape index (κ1) is 22.3. The van der Waals surface area contributed by atoms with E-state index in [1.165, 1.54) is 0 Å². The molecule has 2 aromatic carbocycles. The molecular formula is C25H29N3O3S. The van der Waals surface area contributed by atoms with Gasteiger partial charge in [-0.2, -0.15) is 0 Å². The third kappa shape index (κ3) is 5.29. The zero-order valence-corrected chi connectivity index (χ0v) is 19.3. The maximum atomic E-state index is 12.8. The number of nitrogens with zero attached hydrogens (tertiary/aromatic N) is 1. The smallest absolute Gasteiger partial charge is 0.253 e. The van der Waals surface area contributed by atoms with Crippen LogP contribution >= 0.6 is 12.2 Å². The van der Waals surface area contributed by atoms with Gasteiger partial charge >= 0.3 is 0 Å². The summed E-state index contributed by atoms with van der Waals surface area (Å²) < 4.78 is 11.4. The average Bonchev–Trinajstić information content (AvgIpc) is 3.29. The molecule has 0 radical (unpaired) electrons. The second kappa shape index (κ2) is 10.1. The first-order chi connectivity index (χ1) is 15.5. The quantitative estimate of drug-likeness (QED) is 0.511. The summed E-state index contributed by atoms with van der Waals surface area (Å²) in [5, 5.41) is 4.88. The third-order valence-corrected chi connectivity index (χ3v) is 6.04. The van der Waals surface area contributed by atoms with E-state index in [2.05, 4.69) is 10.3 Å². The van der Waals surface area contributed by atoms with Gasteiger partial charge in [0.2, 0.25) is 0 Å². The Morgan fingerprint density at radius 2 is 2.09 bits per heavy atom. The number of hydrogen-bond acceptors (Lipinski definition) is 4. The SMILES string of the molecule is CCOc1ccc(NC(=S)N(Cc2cc3cccc(C)c3[nH]c2=O)C[C@@H]2CCCO2)cc1. The molecule has 2 heterocycles. The van der Waals surface area contributed by atoms with E-state index < -0.39 is 0 Å². The maximum absolute atomic E-state index is 12.8. The molecule has 0 bridgehead atoms. The molecule has 7 heteroatoms. The van der Waals surface area contributed by atoms with Crippen molar-refractivity contribution in [1.82, 2.24) is 9.88 Å². The average molecular weight is 452 g/mol. The summed E-state index contributed by atoms with van der Waals surface area (Å²) in [7, 11) is 0. The molecule has 4 rings (SSSR count). The molecule has 1 fully saturated rings. The number of para-hydroxylation sites is 1. The molecule has 1 aliphatic heterocycles. The van der Waals surface area contributed by atoms with E-state index in [1.807, 2.05) is 67.3 Å². The van der Waals surface area contributed by atoms with E-state index in [1.54, 1.807) is 0 Å². The number of ether oxygens (including phenoxy) is 2. The molecule has 1 saturated heterocycles. The molecule has 0 amide bonds. The highest BCUT2D eigenvalue weighted by atomic mass is 32.1. The zero-order valence-electron chi connectivity index (χ0n) is 18.5. The Morgan fingerprint density at radius 1 is 1.28 bits per heavy atom. The van der Waals surface area contributed by atoms with E-state index >= 15 is 0 Å². The number of rotatable bonds is 7. The van der Waals surface area contributed by atoms with Crippen molar-refractivity contribution in [2.75, 3.05) is 25.1 Å². The van der Waals surface area contributed by atoms with Crippen LogP contribution in [0.15, 0.2) is 53.3 Å². The van der Waals surface area contributed by atoms with Crippen molar-refractivity contribution >= 4 is 33.9 Å². The first-order valence-electron chi connectivity index (χ1n) is 11.1. The van der Waals surface area contributed by atoms with Crippen molar-refractivity contribution in [3.05, 3.63) is 70.0 Å². The van der Waals surface area contributed by atoms with Crippen LogP contribution in [0.1, 0.15) is 30.9 Å². The lowest BCUT2D eigenvalue weighted by molar-refractivity contribution is 0.0904. The monoisotopic (exact) mass is 451 g/mol. The van der Waals surface area contributed by atoms with E-state index in [9.17, 15) is 4.79 Å². The number of thiocarbonyl (C=S) groups is 1. The van der Waals surface area contributed by atoms with Crippen LogP contribution in [0.2, 0.25) is 0 Å². The van der Waals surface area contributed by atoms with Crippen LogP contribution in [0, 0.1) is 6.92 Å². The summed E-state index contributed by atoms with van der Waals surface area (Å²) >= 11 is 5.75. The van der Waals surface area contributed by atoms with Gasteiger partial charge in [0.1, 0.15) is 5.75 Å². The highest BCUT2D eigenvalue weighted by Crippen LogP contribution is 2.20. The molecule has 1 aliphatic rings. The van der Waals surface area contributed by atoms with Crippen molar-refractivity contribution in [3.8, 4) is 5.75 Å². The summed E-state index contributed by atoms with van der Waals surface area (Å²) in [6.45, 7) is 6.39. The molecule has 0 spiro atoms. The minimum Gasteiger partial charge on any atom is -0.494 e. The van der Waals surface area contributed by atoms with E-state index in [4.69, 9.17) is 21.7 Å². The number of H-pyrrole nitrogens is 1. The highest BCUT2D eigenvalue weighted by molar-refractivity contribution is 7.80. The predicted octanol–water partition coefficient (Wildman–Crippen LogP) is 4.61. The van der Waals surface area contributed by atoms with Gasteiger partial charge < -0.3 is 24.7 Å². The largest absolute Gasteiger partial charge is 0.494 e. The van der Waals surface area contributed by atoms with Gasteiger partial charge in [0.15, 0.2) is 5.11 Å². The van der Waals surface area contributed by atoms with Crippen LogP contribution < -0.4 is 15.6 Å². The first-order valence-corrected chi connectivity index (χ1v) is 11.5. The van der Waals surface area contributed by atoms with E-state index in [0.717, 1.165) is 47.4 Å². The Labute approximate surface area is 193 Å². The number of hydrogen-bond donors (Lipinski definition) is 2. The number of anilines is 1. The molecule has 0 saturated carbocycles. The van der Waals surface area contributed by atoms with Gasteiger partial charge in [-0.15, -0.1) is 0 Å². The van der Waals surface area contributed by atoms with E-state index in [0.29, 0.717) is 30.4 Å². The fourth-order valence-corrected chi connectivity index (χ4v) is 4.27. The van der Waals surface area contributed by atoms with Crippen molar-refractivity contribution in [2.45, 2.75) is 39.3 Å². The maximum Gasteiger partial charge on any atom is 0.253 e. The number of pyridine rings is 1. The van der Waals surface area contributed by atoms with Gasteiger partial charge in [0, 0.05) is 24.4 Å². The number of aromatic nitrogens is 1. The molecule has 1 atom stereocenters. The fraction of sp³-hybridized carbons (Fsp3) is 0.360. The summed E-state index contributed by atoms with van der Waals surface area (Å²) in [4.78, 5) is 17.9. The van der Waals surface area contributed by atoms with Crippen LogP contribution in [-0.4, -0.2) is 40.9 Å². The van der Waals surface area contributed by atoms with Gasteiger partial charge in [0.05, 0.1) is 24.8 Å². The Bertz CT molecular complexity index is 1140. The van der Waals surface area contributed by atoms with Gasteiger partial charge in [-0.05, 0) is 80.2 Å². The molecule has 0 unspecified atom stereocenters. The lowest BCUT2D eigenvalue weighted by Gasteiger charge is -2.28. The summed E-state index contributed by atoms with van der Waals surface area (Å²) in [6.07, 6.45) is 2.15. The van der Waals surface area contributed by atoms with E-state index in [-0.39, 0.29) is 11.7 Å². The van der Waals surface area contributed by atoms with Gasteiger partial charge in [-0.25, -0.2) is 0 Å². The van der Waals surface area contributed by atoms with Gasteiger partial charge in [-0.1, -0.05) is 18.2 Å². The van der Waals surface area contributed by atoms with Crippen molar-refractivity contribution < 1.29 is 9.47 Å². The molecule has 2 N–H and O–H groups in total. The Morgan fingerprint density at radius 3 is 2.81 bits per heavy atom. The molecule has 168 valence electrons. The van der Waals surface area contributed by atoms with Crippen LogP contribution in [-0.2, 0) is 11.3 Å². The van der Waals surface area contributed by atoms with Crippen LogP contribution in [0.25, 0.3) is 10.9 Å². The summed E-state index contributed by atoms with van der Waals surface area (Å²) in [5.41, 5.74) is 3.39. The number of fused-ring (bicyclic) bond motifs is 1. The topological polar surface area (TPSA) is 66.6 Å². The van der Waals surface area contributed by atoms with Crippen LogP contribution in [0.4, 0.5) is 5.69 Å². The number of aryl methyl sites for hydroxylation is 1. The predicted molar refractivity (Wildman–Crippen MR) is 133 cm³/mol. The van der Waals surface area contributed by atoms with Crippen molar-refractivity contribution in [1.29, 1.82) is 0 Å². The molecular weight excluding hydrogens is 422 g/mol. The standard InChI is InChI=1S/C25H29N3O3S/c1-3-30-21-11-9-20(10-12-21)26-25(32)28(16-22-8-5-13-31-22)15-19-14-18-7-4-6-17(2)23(18)27-24(19)29/h4,6-7,9-12,14,22H,3,5,8,13,15-16H2,1-2H3,(H,26,32)(H,27,29)/t22-/m0/s1. The zero-order chi connectivity index (χ0) is 22.5. The molecule has 32 heavy (non-hydrogen) atoms. The molecule has 3 aromatic rings. The normalized spacial score (nSPS) is 15.6. The lowest BCUT2D eigenvalue weighted by Crippen LogP contribution is -2.40. The van der Waals surface area contributed by atoms with Gasteiger partial charge in [-0.3, -0.25) is 4.79 Å². The molecule has 1 aromatic heterocycles. The second-order valence-electron chi connectivity index (χ2n) is 8.07. The number of aromatic amines is 1. The minimum absolute atomic E-state index is 0.0898. The Hall–Kier alpha value is -2.90. The van der Waals surface area contributed by atoms with Crippen LogP contribution in [0.5, 0.6) is 5.75 Å². The summed E-state index contributed by atoms with van der Waals surface area (Å²) in [5.74, 6) is 0.818. The number of benzene rings is 2. The van der Waals surface area contributed by atoms with Crippen LogP contribution in [0.3, 0.4) is 0 Å². The minimum atomic E-state index is -0.0898. The number of nitrogens with one attached hydrogen (secondary N) is 2. The Kier molecular flexibility index (Phi) is 7.07. The fourth-order valence-electron chi connectivity index (χ4n) is 4.01. The molecule has 6 nitrogen and oxygen atoms in total. The Balaban J connectivity index is 1.56. The van der Waals surface area contributed by atoms with Crippen molar-refractivity contribution in [2.24, 2.45) is 0 Å². The molecule has 0 aliphatic carbocycles. The summed E-state index contributed by atoms with van der Waals surface area (Å²) in [6, 6.07) is 15.7.